The summed E-state index contributed by atoms with van der Waals surface area (Å²) in [4.78, 5) is 0. The molecule has 1 rings (SSSR count). The molecule has 0 saturated heterocycles. The molecule has 0 aromatic carbocycles. The minimum Gasteiger partial charge on any atom is -0.427 e. The van der Waals surface area contributed by atoms with Crippen molar-refractivity contribution in [2.24, 2.45) is 0 Å². The van der Waals surface area contributed by atoms with E-state index in [0.29, 0.717) is 0 Å². The van der Waals surface area contributed by atoms with Crippen LogP contribution in [-0.2, 0) is 0 Å². The standard InChI is InChI=1S/C6H13BO2.H2O/c8-7(9)6-4-2-1-3-5-6;/h6,8-9H,1-5H2;1H2. The van der Waals surface area contributed by atoms with Crippen LogP contribution in [0.25, 0.3) is 0 Å². The zero-order valence-corrected chi connectivity index (χ0v) is 6.08. The molecule has 0 bridgehead atoms. The second kappa shape index (κ2) is 4.71. The first-order valence-corrected chi connectivity index (χ1v) is 3.67. The zero-order chi connectivity index (χ0) is 6.69. The molecule has 1 aliphatic carbocycles. The number of hydrogen-bond donors (Lipinski definition) is 2. The van der Waals surface area contributed by atoms with E-state index in [1.165, 1.54) is 19.3 Å². The van der Waals surface area contributed by atoms with Gasteiger partial charge in [-0.1, -0.05) is 32.1 Å². The highest BCUT2D eigenvalue weighted by molar-refractivity contribution is 6.43. The van der Waals surface area contributed by atoms with Gasteiger partial charge < -0.3 is 15.5 Å². The summed E-state index contributed by atoms with van der Waals surface area (Å²) in [6, 6.07) is 0. The van der Waals surface area contributed by atoms with Gasteiger partial charge in [0.2, 0.25) is 0 Å². The summed E-state index contributed by atoms with van der Waals surface area (Å²) in [6.07, 6.45) is 5.60. The predicted molar refractivity (Wildman–Crippen MR) is 40.6 cm³/mol. The Labute approximate surface area is 61.5 Å². The highest BCUT2D eigenvalue weighted by Gasteiger charge is 2.24. The van der Waals surface area contributed by atoms with E-state index < -0.39 is 7.12 Å². The maximum Gasteiger partial charge on any atom is 0.454 e. The average molecular weight is 146 g/mol. The first-order valence-electron chi connectivity index (χ1n) is 3.67. The molecule has 60 valence electrons. The smallest absolute Gasteiger partial charge is 0.427 e. The van der Waals surface area contributed by atoms with Gasteiger partial charge in [0, 0.05) is 0 Å². The molecule has 4 heteroatoms. The van der Waals surface area contributed by atoms with Crippen molar-refractivity contribution in [3.63, 3.8) is 0 Å². The Bertz CT molecular complexity index is 81.1. The Morgan fingerprint density at radius 3 is 1.80 bits per heavy atom. The molecular formula is C6H15BO3. The van der Waals surface area contributed by atoms with Gasteiger partial charge in [0.15, 0.2) is 0 Å². The van der Waals surface area contributed by atoms with E-state index >= 15 is 0 Å². The lowest BCUT2D eigenvalue weighted by Gasteiger charge is -2.19. The Morgan fingerprint density at radius 2 is 1.50 bits per heavy atom. The third kappa shape index (κ3) is 2.69. The normalized spacial score (nSPS) is 19.8. The molecule has 0 spiro atoms. The van der Waals surface area contributed by atoms with Crippen molar-refractivity contribution in [3.8, 4) is 0 Å². The van der Waals surface area contributed by atoms with E-state index in [2.05, 4.69) is 0 Å². The molecule has 0 unspecified atom stereocenters. The van der Waals surface area contributed by atoms with Gasteiger partial charge in [-0.25, -0.2) is 0 Å². The SMILES string of the molecule is O.OB(O)C1CCCCC1. The van der Waals surface area contributed by atoms with Crippen LogP contribution in [0.4, 0.5) is 0 Å². The molecule has 1 aliphatic rings. The summed E-state index contributed by atoms with van der Waals surface area (Å²) in [5.74, 6) is 0.166. The van der Waals surface area contributed by atoms with Crippen LogP contribution in [-0.4, -0.2) is 22.6 Å². The maximum absolute atomic E-state index is 8.73. The van der Waals surface area contributed by atoms with Crippen LogP contribution in [0.5, 0.6) is 0 Å². The molecule has 3 nitrogen and oxygen atoms in total. The summed E-state index contributed by atoms with van der Waals surface area (Å²) in [5.41, 5.74) is 0. The van der Waals surface area contributed by atoms with E-state index in [4.69, 9.17) is 10.0 Å². The fourth-order valence-electron chi connectivity index (χ4n) is 1.43. The molecule has 0 atom stereocenters. The van der Waals surface area contributed by atoms with Crippen molar-refractivity contribution >= 4 is 7.12 Å². The molecule has 1 fully saturated rings. The quantitative estimate of drug-likeness (QED) is 0.509. The summed E-state index contributed by atoms with van der Waals surface area (Å²) in [6.45, 7) is 0. The predicted octanol–water partition coefficient (Wildman–Crippen LogP) is -0.0312. The second-order valence-corrected chi connectivity index (χ2v) is 2.81. The van der Waals surface area contributed by atoms with Gasteiger partial charge in [0.05, 0.1) is 0 Å². The molecule has 0 heterocycles. The van der Waals surface area contributed by atoms with Gasteiger partial charge in [0.25, 0.3) is 0 Å². The van der Waals surface area contributed by atoms with E-state index in [1.807, 2.05) is 0 Å². The van der Waals surface area contributed by atoms with Crippen molar-refractivity contribution in [3.05, 3.63) is 0 Å². The molecular weight excluding hydrogens is 131 g/mol. The van der Waals surface area contributed by atoms with Crippen molar-refractivity contribution in [1.82, 2.24) is 0 Å². The first-order chi connectivity index (χ1) is 4.30. The highest BCUT2D eigenvalue weighted by Crippen LogP contribution is 2.29. The fourth-order valence-corrected chi connectivity index (χ4v) is 1.43. The van der Waals surface area contributed by atoms with Gasteiger partial charge in [-0.15, -0.1) is 0 Å². The van der Waals surface area contributed by atoms with E-state index in [9.17, 15) is 0 Å². The Hall–Kier alpha value is -0.0551. The zero-order valence-electron chi connectivity index (χ0n) is 6.08. The summed E-state index contributed by atoms with van der Waals surface area (Å²) in [5, 5.41) is 17.5. The van der Waals surface area contributed by atoms with Crippen molar-refractivity contribution < 1.29 is 15.5 Å². The van der Waals surface area contributed by atoms with Gasteiger partial charge in [-0.3, -0.25) is 0 Å². The summed E-state index contributed by atoms with van der Waals surface area (Å²) >= 11 is 0. The average Bonchev–Trinajstić information content (AvgIpc) is 1.90. The van der Waals surface area contributed by atoms with Crippen molar-refractivity contribution in [1.29, 1.82) is 0 Å². The lowest BCUT2D eigenvalue weighted by Crippen LogP contribution is -2.22. The monoisotopic (exact) mass is 146 g/mol. The molecule has 1 saturated carbocycles. The molecule has 4 N–H and O–H groups in total. The van der Waals surface area contributed by atoms with Crippen molar-refractivity contribution in [2.45, 2.75) is 37.9 Å². The molecule has 0 radical (unpaired) electrons. The molecule has 0 aromatic heterocycles. The van der Waals surface area contributed by atoms with E-state index in [1.54, 1.807) is 0 Å². The van der Waals surface area contributed by atoms with E-state index in [0.717, 1.165) is 12.8 Å². The van der Waals surface area contributed by atoms with Crippen LogP contribution in [0.3, 0.4) is 0 Å². The molecule has 10 heavy (non-hydrogen) atoms. The number of rotatable bonds is 1. The third-order valence-electron chi connectivity index (χ3n) is 2.07. The largest absolute Gasteiger partial charge is 0.454 e. The van der Waals surface area contributed by atoms with Crippen LogP contribution in [0.1, 0.15) is 32.1 Å². The van der Waals surface area contributed by atoms with Gasteiger partial charge in [-0.05, 0) is 5.82 Å². The maximum atomic E-state index is 8.73. The van der Waals surface area contributed by atoms with Gasteiger partial charge in [0.1, 0.15) is 0 Å². The van der Waals surface area contributed by atoms with Crippen LogP contribution in [0.15, 0.2) is 0 Å². The molecule has 0 amide bonds. The highest BCUT2D eigenvalue weighted by atomic mass is 16.4. The van der Waals surface area contributed by atoms with Crippen LogP contribution >= 0.6 is 0 Å². The summed E-state index contributed by atoms with van der Waals surface area (Å²) < 4.78 is 0. The summed E-state index contributed by atoms with van der Waals surface area (Å²) in [7, 11) is -1.06. The van der Waals surface area contributed by atoms with Crippen molar-refractivity contribution in [2.75, 3.05) is 0 Å². The number of hydrogen-bond acceptors (Lipinski definition) is 2. The fraction of sp³-hybridized carbons (Fsp3) is 1.00. The van der Waals surface area contributed by atoms with Crippen LogP contribution < -0.4 is 0 Å². The van der Waals surface area contributed by atoms with Crippen LogP contribution in [0, 0.1) is 0 Å². The lowest BCUT2D eigenvalue weighted by atomic mass is 9.65. The topological polar surface area (TPSA) is 72.0 Å². The molecule has 0 aliphatic heterocycles. The Morgan fingerprint density at radius 1 is 1.00 bits per heavy atom. The second-order valence-electron chi connectivity index (χ2n) is 2.81. The Balaban J connectivity index is 0.000000810. The van der Waals surface area contributed by atoms with E-state index in [-0.39, 0.29) is 11.3 Å². The first kappa shape index (κ1) is 9.94. The van der Waals surface area contributed by atoms with Gasteiger partial charge in [-0.2, -0.15) is 0 Å². The van der Waals surface area contributed by atoms with Gasteiger partial charge >= 0.3 is 7.12 Å². The third-order valence-corrected chi connectivity index (χ3v) is 2.07. The lowest BCUT2D eigenvalue weighted by molar-refractivity contribution is 0.351. The molecule has 0 aromatic rings. The Kier molecular flexibility index (Phi) is 4.69. The minimum atomic E-state index is -1.06. The van der Waals surface area contributed by atoms with Crippen LogP contribution in [0.2, 0.25) is 5.82 Å². The minimum absolute atomic E-state index is 0.